The molecule has 4 nitrogen and oxygen atoms in total. The zero-order chi connectivity index (χ0) is 14.5. The summed E-state index contributed by atoms with van der Waals surface area (Å²) in [6.07, 6.45) is 0. The molecule has 0 spiro atoms. The van der Waals surface area contributed by atoms with Crippen LogP contribution in [0.15, 0.2) is 18.2 Å². The molecule has 1 aliphatic heterocycles. The Hall–Kier alpha value is -1.55. The summed E-state index contributed by atoms with van der Waals surface area (Å²) in [5, 5.41) is 6.33. The van der Waals surface area contributed by atoms with E-state index in [0.717, 1.165) is 31.9 Å². The van der Waals surface area contributed by atoms with Gasteiger partial charge in [0.2, 0.25) is 5.91 Å². The second-order valence-electron chi connectivity index (χ2n) is 5.91. The number of aryl methyl sites for hydroxylation is 1. The molecule has 0 bridgehead atoms. The molecule has 0 aromatic heterocycles. The Morgan fingerprint density at radius 1 is 1.40 bits per heavy atom. The Balaban J connectivity index is 1.99. The number of carbonyl (C=O) groups excluding carboxylic acids is 1. The average Bonchev–Trinajstić information content (AvgIpc) is 2.40. The molecule has 4 heteroatoms. The van der Waals surface area contributed by atoms with Crippen LogP contribution in [-0.2, 0) is 11.3 Å². The minimum atomic E-state index is 0.108. The fourth-order valence-corrected chi connectivity index (χ4v) is 2.43. The van der Waals surface area contributed by atoms with E-state index in [1.807, 2.05) is 0 Å². The molecule has 20 heavy (non-hydrogen) atoms. The molecular formula is C16H25N3O. The first-order valence-electron chi connectivity index (χ1n) is 7.38. The molecule has 1 heterocycles. The number of anilines is 1. The van der Waals surface area contributed by atoms with Crippen LogP contribution in [0.3, 0.4) is 0 Å². The molecule has 2 N–H and O–H groups in total. The van der Waals surface area contributed by atoms with Crippen LogP contribution in [0.25, 0.3) is 0 Å². The van der Waals surface area contributed by atoms with Crippen molar-refractivity contribution >= 4 is 11.6 Å². The highest BCUT2D eigenvalue weighted by molar-refractivity contribution is 5.82. The largest absolute Gasteiger partial charge is 0.360 e. The average molecular weight is 275 g/mol. The normalized spacial score (nSPS) is 15.6. The molecule has 0 radical (unpaired) electrons. The van der Waals surface area contributed by atoms with Crippen molar-refractivity contribution in [1.29, 1.82) is 0 Å². The van der Waals surface area contributed by atoms with Crippen LogP contribution in [0.1, 0.15) is 25.0 Å². The molecule has 1 aromatic carbocycles. The van der Waals surface area contributed by atoms with Gasteiger partial charge in [-0.15, -0.1) is 0 Å². The number of hydrogen-bond acceptors (Lipinski definition) is 3. The standard InChI is InChI=1S/C16H25N3O/c1-12(2)9-17-10-14-4-5-15(8-13(14)3)19-7-6-18-16(20)11-19/h4-5,8,12,17H,6-7,9-11H2,1-3H3,(H,18,20). The second-order valence-corrected chi connectivity index (χ2v) is 5.91. The first kappa shape index (κ1) is 14.9. The highest BCUT2D eigenvalue weighted by Gasteiger charge is 2.16. The molecule has 0 aliphatic carbocycles. The molecule has 1 saturated heterocycles. The fraction of sp³-hybridized carbons (Fsp3) is 0.562. The summed E-state index contributed by atoms with van der Waals surface area (Å²) in [5.74, 6) is 0.776. The van der Waals surface area contributed by atoms with Gasteiger partial charge in [-0.2, -0.15) is 0 Å². The van der Waals surface area contributed by atoms with Crippen LogP contribution >= 0.6 is 0 Å². The molecular weight excluding hydrogens is 250 g/mol. The summed E-state index contributed by atoms with van der Waals surface area (Å²) in [5.41, 5.74) is 3.76. The molecule has 0 saturated carbocycles. The minimum Gasteiger partial charge on any atom is -0.360 e. The van der Waals surface area contributed by atoms with E-state index in [4.69, 9.17) is 0 Å². The van der Waals surface area contributed by atoms with Crippen molar-refractivity contribution in [3.05, 3.63) is 29.3 Å². The van der Waals surface area contributed by atoms with Gasteiger partial charge in [-0.25, -0.2) is 0 Å². The van der Waals surface area contributed by atoms with E-state index in [1.165, 1.54) is 11.1 Å². The Morgan fingerprint density at radius 3 is 2.85 bits per heavy atom. The lowest BCUT2D eigenvalue weighted by atomic mass is 10.1. The Kier molecular flexibility index (Phi) is 5.01. The monoisotopic (exact) mass is 275 g/mol. The van der Waals surface area contributed by atoms with Gasteiger partial charge in [-0.05, 0) is 42.6 Å². The molecule has 0 unspecified atom stereocenters. The number of rotatable bonds is 5. The first-order chi connectivity index (χ1) is 9.56. The van der Waals surface area contributed by atoms with Crippen LogP contribution in [0.2, 0.25) is 0 Å². The van der Waals surface area contributed by atoms with Crippen molar-refractivity contribution in [3.8, 4) is 0 Å². The van der Waals surface area contributed by atoms with E-state index < -0.39 is 0 Å². The van der Waals surface area contributed by atoms with Crippen LogP contribution in [0.5, 0.6) is 0 Å². The van der Waals surface area contributed by atoms with E-state index in [2.05, 4.69) is 54.5 Å². The van der Waals surface area contributed by atoms with Crippen LogP contribution in [0.4, 0.5) is 5.69 Å². The van der Waals surface area contributed by atoms with Crippen molar-refractivity contribution < 1.29 is 4.79 Å². The maximum Gasteiger partial charge on any atom is 0.239 e. The predicted molar refractivity (Wildman–Crippen MR) is 82.9 cm³/mol. The maximum atomic E-state index is 11.4. The third kappa shape index (κ3) is 3.97. The first-order valence-corrected chi connectivity index (χ1v) is 7.38. The van der Waals surface area contributed by atoms with Gasteiger partial charge in [0.05, 0.1) is 6.54 Å². The summed E-state index contributed by atoms with van der Waals surface area (Å²) in [6.45, 7) is 10.6. The van der Waals surface area contributed by atoms with Crippen molar-refractivity contribution in [2.45, 2.75) is 27.3 Å². The van der Waals surface area contributed by atoms with Crippen LogP contribution in [0, 0.1) is 12.8 Å². The van der Waals surface area contributed by atoms with Crippen molar-refractivity contribution in [1.82, 2.24) is 10.6 Å². The highest BCUT2D eigenvalue weighted by Crippen LogP contribution is 2.19. The van der Waals surface area contributed by atoms with Gasteiger partial charge < -0.3 is 15.5 Å². The van der Waals surface area contributed by atoms with E-state index in [0.29, 0.717) is 12.5 Å². The van der Waals surface area contributed by atoms with Crippen LogP contribution < -0.4 is 15.5 Å². The Labute approximate surface area is 121 Å². The molecule has 1 aromatic rings. The number of benzene rings is 1. The van der Waals surface area contributed by atoms with E-state index in [-0.39, 0.29) is 5.91 Å². The Bertz CT molecular complexity index is 471. The summed E-state index contributed by atoms with van der Waals surface area (Å²) in [4.78, 5) is 13.6. The topological polar surface area (TPSA) is 44.4 Å². The highest BCUT2D eigenvalue weighted by atomic mass is 16.2. The van der Waals surface area contributed by atoms with E-state index in [9.17, 15) is 4.79 Å². The van der Waals surface area contributed by atoms with Gasteiger partial charge >= 0.3 is 0 Å². The van der Waals surface area contributed by atoms with Crippen molar-refractivity contribution in [3.63, 3.8) is 0 Å². The van der Waals surface area contributed by atoms with Crippen molar-refractivity contribution in [2.75, 3.05) is 31.1 Å². The lowest BCUT2D eigenvalue weighted by molar-refractivity contribution is -0.120. The summed E-state index contributed by atoms with van der Waals surface area (Å²) >= 11 is 0. The molecule has 2 rings (SSSR count). The minimum absolute atomic E-state index is 0.108. The van der Waals surface area contributed by atoms with Gasteiger partial charge in [0, 0.05) is 25.3 Å². The van der Waals surface area contributed by atoms with Gasteiger partial charge in [0.1, 0.15) is 0 Å². The summed E-state index contributed by atoms with van der Waals surface area (Å²) in [7, 11) is 0. The zero-order valence-corrected chi connectivity index (χ0v) is 12.7. The number of carbonyl (C=O) groups is 1. The van der Waals surface area contributed by atoms with E-state index >= 15 is 0 Å². The molecule has 1 amide bonds. The quantitative estimate of drug-likeness (QED) is 0.859. The third-order valence-electron chi connectivity index (χ3n) is 3.60. The zero-order valence-electron chi connectivity index (χ0n) is 12.7. The number of nitrogens with zero attached hydrogens (tertiary/aromatic N) is 1. The summed E-state index contributed by atoms with van der Waals surface area (Å²) in [6, 6.07) is 6.48. The smallest absolute Gasteiger partial charge is 0.239 e. The SMILES string of the molecule is Cc1cc(N2CCNC(=O)C2)ccc1CNCC(C)C. The lowest BCUT2D eigenvalue weighted by Gasteiger charge is -2.29. The van der Waals surface area contributed by atoms with Gasteiger partial charge in [-0.1, -0.05) is 19.9 Å². The van der Waals surface area contributed by atoms with Gasteiger partial charge in [-0.3, -0.25) is 4.79 Å². The number of nitrogens with one attached hydrogen (secondary N) is 2. The number of piperazine rings is 1. The maximum absolute atomic E-state index is 11.4. The van der Waals surface area contributed by atoms with Gasteiger partial charge in [0.25, 0.3) is 0 Å². The molecule has 110 valence electrons. The second kappa shape index (κ2) is 6.75. The lowest BCUT2D eigenvalue weighted by Crippen LogP contribution is -2.47. The third-order valence-corrected chi connectivity index (χ3v) is 3.60. The fourth-order valence-electron chi connectivity index (χ4n) is 2.43. The van der Waals surface area contributed by atoms with Gasteiger partial charge in [0.15, 0.2) is 0 Å². The number of amides is 1. The predicted octanol–water partition coefficient (Wildman–Crippen LogP) is 1.68. The molecule has 0 atom stereocenters. The van der Waals surface area contributed by atoms with Crippen molar-refractivity contribution in [2.24, 2.45) is 5.92 Å². The van der Waals surface area contributed by atoms with E-state index in [1.54, 1.807) is 0 Å². The summed E-state index contributed by atoms with van der Waals surface area (Å²) < 4.78 is 0. The Morgan fingerprint density at radius 2 is 2.20 bits per heavy atom. The molecule has 1 aliphatic rings. The molecule has 1 fully saturated rings. The van der Waals surface area contributed by atoms with Crippen LogP contribution in [-0.4, -0.2) is 32.1 Å². The number of hydrogen-bond donors (Lipinski definition) is 2.